The fourth-order valence-corrected chi connectivity index (χ4v) is 3.98. The minimum atomic E-state index is -0.490. The molecule has 1 atom stereocenters. The van der Waals surface area contributed by atoms with Gasteiger partial charge in [-0.05, 0) is 60.5 Å². The van der Waals surface area contributed by atoms with Crippen LogP contribution in [0.5, 0.6) is 0 Å². The number of unbranched alkanes of at least 4 members (excludes halogenated alkanes) is 1. The number of carbonyl (C=O) groups is 2. The van der Waals surface area contributed by atoms with E-state index in [1.54, 1.807) is 0 Å². The zero-order valence-corrected chi connectivity index (χ0v) is 18.1. The van der Waals surface area contributed by atoms with Crippen molar-refractivity contribution in [2.45, 2.75) is 36.3 Å². The van der Waals surface area contributed by atoms with E-state index in [1.165, 1.54) is 36.0 Å². The third-order valence-corrected chi connectivity index (χ3v) is 5.87. The zero-order chi connectivity index (χ0) is 22.1. The molecule has 2 N–H and O–H groups in total. The Labute approximate surface area is 186 Å². The van der Waals surface area contributed by atoms with Crippen LogP contribution in [-0.2, 0) is 9.59 Å². The summed E-state index contributed by atoms with van der Waals surface area (Å²) in [4.78, 5) is 25.8. The molecular formula is C25H25FN2O2S. The Hall–Kier alpha value is -3.12. The van der Waals surface area contributed by atoms with Gasteiger partial charge in [-0.1, -0.05) is 43.7 Å². The van der Waals surface area contributed by atoms with Crippen molar-refractivity contribution in [2.75, 3.05) is 10.6 Å². The molecule has 0 aliphatic heterocycles. The molecule has 0 saturated heterocycles. The lowest BCUT2D eigenvalue weighted by atomic mass is 10.1. The monoisotopic (exact) mass is 436 g/mol. The molecule has 2 amide bonds. The Morgan fingerprint density at radius 3 is 2.13 bits per heavy atom. The highest BCUT2D eigenvalue weighted by atomic mass is 32.2. The van der Waals surface area contributed by atoms with Crippen molar-refractivity contribution in [3.05, 3.63) is 90.2 Å². The molecule has 160 valence electrons. The maximum atomic E-state index is 13.2. The summed E-state index contributed by atoms with van der Waals surface area (Å²) in [7, 11) is 0. The molecule has 0 heterocycles. The van der Waals surface area contributed by atoms with E-state index in [2.05, 4.69) is 17.6 Å². The van der Waals surface area contributed by atoms with E-state index in [4.69, 9.17) is 0 Å². The third-order valence-electron chi connectivity index (χ3n) is 4.60. The molecule has 0 spiro atoms. The van der Waals surface area contributed by atoms with Crippen molar-refractivity contribution < 1.29 is 14.0 Å². The molecule has 0 aromatic heterocycles. The maximum absolute atomic E-state index is 13.2. The molecular weight excluding hydrogens is 411 g/mol. The lowest BCUT2D eigenvalue weighted by Gasteiger charge is -2.17. The number of benzene rings is 3. The minimum absolute atomic E-state index is 0.00286. The lowest BCUT2D eigenvalue weighted by Crippen LogP contribution is -2.19. The maximum Gasteiger partial charge on any atom is 0.242 e. The molecule has 0 aliphatic rings. The van der Waals surface area contributed by atoms with Gasteiger partial charge in [-0.2, -0.15) is 0 Å². The van der Waals surface area contributed by atoms with Gasteiger partial charge in [0.1, 0.15) is 11.1 Å². The van der Waals surface area contributed by atoms with Crippen LogP contribution in [0.3, 0.4) is 0 Å². The molecule has 6 heteroatoms. The van der Waals surface area contributed by atoms with Gasteiger partial charge in [-0.15, -0.1) is 11.8 Å². The summed E-state index contributed by atoms with van der Waals surface area (Å²) in [5, 5.41) is 5.26. The first-order valence-electron chi connectivity index (χ1n) is 10.2. The Morgan fingerprint density at radius 1 is 0.871 bits per heavy atom. The number of nitrogens with one attached hydrogen (secondary N) is 2. The van der Waals surface area contributed by atoms with Gasteiger partial charge in [0.25, 0.3) is 0 Å². The molecule has 0 radical (unpaired) electrons. The number of thioether (sulfide) groups is 1. The van der Waals surface area contributed by atoms with E-state index in [0.717, 1.165) is 29.0 Å². The number of rotatable bonds is 9. The fraction of sp³-hybridized carbons (Fsp3) is 0.200. The van der Waals surface area contributed by atoms with Gasteiger partial charge in [-0.3, -0.25) is 9.59 Å². The van der Waals surface area contributed by atoms with Crippen molar-refractivity contribution in [1.29, 1.82) is 0 Å². The van der Waals surface area contributed by atoms with Gasteiger partial charge in [-0.25, -0.2) is 4.39 Å². The molecule has 1 unspecified atom stereocenters. The number of hydrogen-bond donors (Lipinski definition) is 2. The molecule has 0 saturated carbocycles. The van der Waals surface area contributed by atoms with Crippen LogP contribution >= 0.6 is 11.8 Å². The van der Waals surface area contributed by atoms with E-state index in [0.29, 0.717) is 12.1 Å². The molecule has 31 heavy (non-hydrogen) atoms. The topological polar surface area (TPSA) is 58.2 Å². The van der Waals surface area contributed by atoms with Crippen LogP contribution in [0.4, 0.5) is 15.8 Å². The van der Waals surface area contributed by atoms with Crippen molar-refractivity contribution >= 4 is 35.0 Å². The van der Waals surface area contributed by atoms with E-state index in [9.17, 15) is 14.0 Å². The van der Waals surface area contributed by atoms with E-state index < -0.39 is 5.25 Å². The molecule has 3 rings (SSSR count). The van der Waals surface area contributed by atoms with Gasteiger partial charge in [0, 0.05) is 22.7 Å². The molecule has 0 aliphatic carbocycles. The van der Waals surface area contributed by atoms with E-state index in [1.807, 2.05) is 54.6 Å². The van der Waals surface area contributed by atoms with E-state index in [-0.39, 0.29) is 17.6 Å². The first-order chi connectivity index (χ1) is 15.0. The van der Waals surface area contributed by atoms with Crippen molar-refractivity contribution in [3.8, 4) is 0 Å². The van der Waals surface area contributed by atoms with Crippen molar-refractivity contribution in [2.24, 2.45) is 0 Å². The number of anilines is 2. The SMILES string of the molecule is CCCCC(=O)Nc1ccc(SC(C(=O)Nc2ccc(F)cc2)c2ccccc2)cc1. The van der Waals surface area contributed by atoms with Gasteiger partial charge in [0.2, 0.25) is 11.8 Å². The number of carbonyl (C=O) groups excluding carboxylic acids is 2. The summed E-state index contributed by atoms with van der Waals surface area (Å²) in [6.07, 6.45) is 2.35. The second kappa shape index (κ2) is 11.3. The smallest absolute Gasteiger partial charge is 0.242 e. The van der Waals surface area contributed by atoms with Crippen LogP contribution in [0, 0.1) is 5.82 Å². The Balaban J connectivity index is 1.72. The molecule has 0 bridgehead atoms. The Morgan fingerprint density at radius 2 is 1.48 bits per heavy atom. The quantitative estimate of drug-likeness (QED) is 0.380. The summed E-state index contributed by atoms with van der Waals surface area (Å²) in [6.45, 7) is 2.05. The van der Waals surface area contributed by atoms with Crippen LogP contribution in [-0.4, -0.2) is 11.8 Å². The highest BCUT2D eigenvalue weighted by Gasteiger charge is 2.22. The van der Waals surface area contributed by atoms with E-state index >= 15 is 0 Å². The highest BCUT2D eigenvalue weighted by molar-refractivity contribution is 8.00. The molecule has 3 aromatic carbocycles. The second-order valence-electron chi connectivity index (χ2n) is 7.08. The fourth-order valence-electron chi connectivity index (χ4n) is 2.96. The summed E-state index contributed by atoms with van der Waals surface area (Å²) in [6, 6.07) is 22.7. The van der Waals surface area contributed by atoms with Crippen LogP contribution < -0.4 is 10.6 Å². The van der Waals surface area contributed by atoms with Crippen LogP contribution in [0.2, 0.25) is 0 Å². The van der Waals surface area contributed by atoms with Gasteiger partial charge < -0.3 is 10.6 Å². The number of amides is 2. The highest BCUT2D eigenvalue weighted by Crippen LogP contribution is 2.36. The molecule has 4 nitrogen and oxygen atoms in total. The first kappa shape index (κ1) is 22.6. The van der Waals surface area contributed by atoms with Gasteiger partial charge >= 0.3 is 0 Å². The number of hydrogen-bond acceptors (Lipinski definition) is 3. The predicted molar refractivity (Wildman–Crippen MR) is 125 cm³/mol. The largest absolute Gasteiger partial charge is 0.326 e. The minimum Gasteiger partial charge on any atom is -0.326 e. The molecule has 3 aromatic rings. The normalized spacial score (nSPS) is 11.5. The summed E-state index contributed by atoms with van der Waals surface area (Å²) in [5.74, 6) is -0.545. The first-order valence-corrected chi connectivity index (χ1v) is 11.1. The second-order valence-corrected chi connectivity index (χ2v) is 8.26. The summed E-state index contributed by atoms with van der Waals surface area (Å²) >= 11 is 1.41. The van der Waals surface area contributed by atoms with Crippen LogP contribution in [0.25, 0.3) is 0 Å². The van der Waals surface area contributed by atoms with Gasteiger partial charge in [0.15, 0.2) is 0 Å². The average molecular weight is 437 g/mol. The van der Waals surface area contributed by atoms with Crippen molar-refractivity contribution in [3.63, 3.8) is 0 Å². The van der Waals surface area contributed by atoms with Gasteiger partial charge in [0.05, 0.1) is 0 Å². The Kier molecular flexibility index (Phi) is 8.24. The van der Waals surface area contributed by atoms with Crippen molar-refractivity contribution in [1.82, 2.24) is 0 Å². The predicted octanol–water partition coefficient (Wildman–Crippen LogP) is 6.43. The third kappa shape index (κ3) is 6.96. The number of halogens is 1. The standard InChI is InChI=1S/C25H25FN2O2S/c1-2-3-9-23(29)27-20-14-16-22(17-15-20)31-24(18-7-5-4-6-8-18)25(30)28-21-12-10-19(26)11-13-21/h4-8,10-17,24H,2-3,9H2,1H3,(H,27,29)(H,28,30). The van der Waals surface area contributed by atoms with Crippen LogP contribution in [0.15, 0.2) is 83.8 Å². The summed E-state index contributed by atoms with van der Waals surface area (Å²) in [5.41, 5.74) is 2.14. The Bertz CT molecular complexity index is 992. The molecule has 0 fully saturated rings. The zero-order valence-electron chi connectivity index (χ0n) is 17.3. The lowest BCUT2D eigenvalue weighted by molar-refractivity contribution is -0.116. The average Bonchev–Trinajstić information content (AvgIpc) is 2.79. The van der Waals surface area contributed by atoms with Crippen LogP contribution in [0.1, 0.15) is 37.0 Å². The summed E-state index contributed by atoms with van der Waals surface area (Å²) < 4.78 is 13.2.